The third-order valence-corrected chi connectivity index (χ3v) is 4.82. The van der Waals surface area contributed by atoms with Crippen molar-refractivity contribution in [3.8, 4) is 0 Å². The van der Waals surface area contributed by atoms with Gasteiger partial charge in [0, 0.05) is 18.5 Å². The van der Waals surface area contributed by atoms with Crippen molar-refractivity contribution in [2.45, 2.75) is 76.8 Å². The highest BCUT2D eigenvalue weighted by Crippen LogP contribution is 2.42. The van der Waals surface area contributed by atoms with E-state index in [2.05, 4.69) is 15.5 Å². The van der Waals surface area contributed by atoms with E-state index in [4.69, 9.17) is 4.52 Å². The molecule has 0 saturated heterocycles. The maximum atomic E-state index is 12.6. The van der Waals surface area contributed by atoms with Crippen LogP contribution >= 0.6 is 0 Å². The van der Waals surface area contributed by atoms with Crippen molar-refractivity contribution in [3.05, 3.63) is 11.7 Å². The molecular weight excluding hydrogens is 280 g/mol. The van der Waals surface area contributed by atoms with E-state index in [1.54, 1.807) is 0 Å². The van der Waals surface area contributed by atoms with E-state index in [1.807, 2.05) is 25.7 Å². The van der Waals surface area contributed by atoms with Crippen molar-refractivity contribution in [1.82, 2.24) is 20.4 Å². The second kappa shape index (κ2) is 5.89. The summed E-state index contributed by atoms with van der Waals surface area (Å²) in [6.45, 7) is 6.76. The van der Waals surface area contributed by atoms with Gasteiger partial charge in [-0.1, -0.05) is 18.0 Å². The van der Waals surface area contributed by atoms with E-state index in [0.29, 0.717) is 18.3 Å². The first-order valence-electron chi connectivity index (χ1n) is 8.48. The van der Waals surface area contributed by atoms with Gasteiger partial charge in [0.1, 0.15) is 5.54 Å². The zero-order chi connectivity index (χ0) is 15.7. The van der Waals surface area contributed by atoms with Crippen LogP contribution in [-0.2, 0) is 5.54 Å². The summed E-state index contributed by atoms with van der Waals surface area (Å²) >= 11 is 0. The molecule has 3 rings (SSSR count). The predicted octanol–water partition coefficient (Wildman–Crippen LogP) is 3.16. The van der Waals surface area contributed by atoms with Crippen LogP contribution in [0.25, 0.3) is 0 Å². The highest BCUT2D eigenvalue weighted by molar-refractivity contribution is 5.75. The Morgan fingerprint density at radius 3 is 2.64 bits per heavy atom. The summed E-state index contributed by atoms with van der Waals surface area (Å²) in [5.41, 5.74) is -0.448. The number of urea groups is 1. The molecule has 0 radical (unpaired) electrons. The molecule has 0 atom stereocenters. The number of nitrogens with zero attached hydrogens (tertiary/aromatic N) is 3. The Balaban J connectivity index is 1.80. The lowest BCUT2D eigenvalue weighted by Gasteiger charge is -2.32. The van der Waals surface area contributed by atoms with Crippen LogP contribution in [-0.4, -0.2) is 33.7 Å². The Kier molecular flexibility index (Phi) is 4.10. The lowest BCUT2D eigenvalue weighted by molar-refractivity contribution is 0.169. The molecule has 122 valence electrons. The summed E-state index contributed by atoms with van der Waals surface area (Å²) in [7, 11) is 0. The van der Waals surface area contributed by atoms with Crippen LogP contribution in [0.4, 0.5) is 4.79 Å². The molecule has 2 amide bonds. The maximum absolute atomic E-state index is 12.6. The Hall–Kier alpha value is -1.59. The van der Waals surface area contributed by atoms with Gasteiger partial charge in [-0.25, -0.2) is 4.79 Å². The van der Waals surface area contributed by atoms with Gasteiger partial charge in [-0.3, -0.25) is 0 Å². The highest BCUT2D eigenvalue weighted by atomic mass is 16.5. The zero-order valence-corrected chi connectivity index (χ0v) is 13.8. The average molecular weight is 306 g/mol. The third-order valence-electron chi connectivity index (χ3n) is 4.82. The number of nitrogens with one attached hydrogen (secondary N) is 1. The highest BCUT2D eigenvalue weighted by Gasteiger charge is 2.43. The Morgan fingerprint density at radius 1 is 1.41 bits per heavy atom. The fourth-order valence-corrected chi connectivity index (χ4v) is 3.33. The first-order chi connectivity index (χ1) is 10.6. The van der Waals surface area contributed by atoms with E-state index in [-0.39, 0.29) is 12.1 Å². The van der Waals surface area contributed by atoms with Crippen LogP contribution in [0.15, 0.2) is 4.52 Å². The van der Waals surface area contributed by atoms with Crippen molar-refractivity contribution < 1.29 is 9.32 Å². The average Bonchev–Trinajstić information content (AvgIpc) is 3.01. The molecule has 1 aromatic rings. The number of carbonyl (C=O) groups excluding carboxylic acids is 1. The molecule has 1 heterocycles. The van der Waals surface area contributed by atoms with Crippen LogP contribution in [0.3, 0.4) is 0 Å². The molecule has 0 aromatic carbocycles. The summed E-state index contributed by atoms with van der Waals surface area (Å²) in [5, 5.41) is 7.41. The molecule has 22 heavy (non-hydrogen) atoms. The van der Waals surface area contributed by atoms with Gasteiger partial charge in [0.05, 0.1) is 0 Å². The molecule has 2 fully saturated rings. The molecule has 2 aliphatic rings. The molecule has 6 nitrogen and oxygen atoms in total. The quantitative estimate of drug-likeness (QED) is 0.907. The van der Waals surface area contributed by atoms with Crippen molar-refractivity contribution >= 4 is 6.03 Å². The molecule has 1 N–H and O–H groups in total. The number of amides is 2. The van der Waals surface area contributed by atoms with E-state index in [1.165, 1.54) is 0 Å². The lowest BCUT2D eigenvalue weighted by atomic mass is 9.96. The summed E-state index contributed by atoms with van der Waals surface area (Å²) in [4.78, 5) is 19.1. The van der Waals surface area contributed by atoms with Crippen LogP contribution < -0.4 is 5.32 Å². The number of hydrogen-bond donors (Lipinski definition) is 1. The Bertz CT molecular complexity index is 530. The number of carbonyl (C=O) groups is 1. The predicted molar refractivity (Wildman–Crippen MR) is 82.5 cm³/mol. The van der Waals surface area contributed by atoms with E-state index >= 15 is 0 Å². The standard InChI is InChI=1S/C16H26N4O2/c1-4-20(11(2)3)15(21)18-16(9-5-6-10-16)14-17-13(22-19-14)12-7-8-12/h11-12H,4-10H2,1-3H3,(H,18,21). The Morgan fingerprint density at radius 2 is 2.09 bits per heavy atom. The summed E-state index contributed by atoms with van der Waals surface area (Å²) in [6, 6.07) is 0.146. The number of aromatic nitrogens is 2. The van der Waals surface area contributed by atoms with Gasteiger partial charge in [0.25, 0.3) is 0 Å². The van der Waals surface area contributed by atoms with Crippen LogP contribution in [0.2, 0.25) is 0 Å². The van der Waals surface area contributed by atoms with Gasteiger partial charge < -0.3 is 14.7 Å². The molecule has 2 aliphatic carbocycles. The largest absolute Gasteiger partial charge is 0.339 e. The van der Waals surface area contributed by atoms with Crippen molar-refractivity contribution in [2.24, 2.45) is 0 Å². The summed E-state index contributed by atoms with van der Waals surface area (Å²) < 4.78 is 5.42. The minimum absolute atomic E-state index is 0.0304. The van der Waals surface area contributed by atoms with Crippen LogP contribution in [0, 0.1) is 0 Å². The minimum atomic E-state index is -0.448. The molecule has 0 unspecified atom stereocenters. The summed E-state index contributed by atoms with van der Waals surface area (Å²) in [6.07, 6.45) is 6.22. The maximum Gasteiger partial charge on any atom is 0.318 e. The number of hydrogen-bond acceptors (Lipinski definition) is 4. The lowest BCUT2D eigenvalue weighted by Crippen LogP contribution is -2.52. The molecule has 0 spiro atoms. The minimum Gasteiger partial charge on any atom is -0.339 e. The SMILES string of the molecule is CCN(C(=O)NC1(c2noc(C3CC3)n2)CCCC1)C(C)C. The van der Waals surface area contributed by atoms with Gasteiger partial charge in [0.2, 0.25) is 5.89 Å². The second-order valence-corrected chi connectivity index (χ2v) is 6.83. The topological polar surface area (TPSA) is 71.3 Å². The van der Waals surface area contributed by atoms with E-state index in [9.17, 15) is 4.79 Å². The van der Waals surface area contributed by atoms with Crippen LogP contribution in [0.1, 0.15) is 76.9 Å². The third kappa shape index (κ3) is 2.83. The molecule has 0 aliphatic heterocycles. The van der Waals surface area contributed by atoms with Gasteiger partial charge in [-0.05, 0) is 46.5 Å². The molecule has 0 bridgehead atoms. The van der Waals surface area contributed by atoms with Gasteiger partial charge in [-0.2, -0.15) is 4.98 Å². The number of rotatable bonds is 5. The van der Waals surface area contributed by atoms with E-state index in [0.717, 1.165) is 44.4 Å². The molecule has 1 aromatic heterocycles. The first-order valence-corrected chi connectivity index (χ1v) is 8.48. The van der Waals surface area contributed by atoms with Crippen molar-refractivity contribution in [2.75, 3.05) is 6.54 Å². The smallest absolute Gasteiger partial charge is 0.318 e. The zero-order valence-electron chi connectivity index (χ0n) is 13.8. The van der Waals surface area contributed by atoms with Gasteiger partial charge in [-0.15, -0.1) is 0 Å². The van der Waals surface area contributed by atoms with Crippen molar-refractivity contribution in [1.29, 1.82) is 0 Å². The molecular formula is C16H26N4O2. The first kappa shape index (κ1) is 15.3. The van der Waals surface area contributed by atoms with E-state index < -0.39 is 5.54 Å². The second-order valence-electron chi connectivity index (χ2n) is 6.83. The van der Waals surface area contributed by atoms with Gasteiger partial charge in [0.15, 0.2) is 5.82 Å². The fourth-order valence-electron chi connectivity index (χ4n) is 3.33. The molecule has 6 heteroatoms. The summed E-state index contributed by atoms with van der Waals surface area (Å²) in [5.74, 6) is 1.85. The monoisotopic (exact) mass is 306 g/mol. The molecule has 2 saturated carbocycles. The Labute approximate surface area is 131 Å². The van der Waals surface area contributed by atoms with Crippen LogP contribution in [0.5, 0.6) is 0 Å². The normalized spacial score (nSPS) is 20.4. The fraction of sp³-hybridized carbons (Fsp3) is 0.812. The van der Waals surface area contributed by atoms with Gasteiger partial charge >= 0.3 is 6.03 Å². The van der Waals surface area contributed by atoms with Crippen molar-refractivity contribution in [3.63, 3.8) is 0 Å².